The predicted octanol–water partition coefficient (Wildman–Crippen LogP) is 17.2. The Bertz CT molecular complexity index is 3860. The topological polar surface area (TPSA) is 8.17 Å². The largest absolute Gasteiger partial charge is 0.310 e. The van der Waals surface area contributed by atoms with Crippen LogP contribution in [0.2, 0.25) is 0 Å². The number of hydrogen-bond donors (Lipinski definition) is 0. The molecule has 1 atom stereocenters. The van der Waals surface area contributed by atoms with E-state index in [1.807, 2.05) is 11.3 Å². The van der Waals surface area contributed by atoms with Gasteiger partial charge >= 0.3 is 0 Å². The minimum Gasteiger partial charge on any atom is -0.310 e. The highest BCUT2D eigenvalue weighted by molar-refractivity contribution is 7.14. The lowest BCUT2D eigenvalue weighted by atomic mass is 9.65. The van der Waals surface area contributed by atoms with Gasteiger partial charge in [0.1, 0.15) is 0 Å². The van der Waals surface area contributed by atoms with E-state index in [9.17, 15) is 0 Å². The van der Waals surface area contributed by atoms with Crippen molar-refractivity contribution in [3.05, 3.63) is 250 Å². The number of aryl methyl sites for hydroxylation is 2. The zero-order chi connectivity index (χ0) is 44.8. The van der Waals surface area contributed by atoms with Gasteiger partial charge in [0.15, 0.2) is 0 Å². The zero-order valence-corrected chi connectivity index (χ0v) is 38.7. The predicted molar refractivity (Wildman–Crippen MR) is 282 cm³/mol. The van der Waals surface area contributed by atoms with Gasteiger partial charge in [-0.25, -0.2) is 0 Å². The number of thiophene rings is 1. The lowest BCUT2D eigenvalue weighted by Gasteiger charge is -2.39. The molecule has 67 heavy (non-hydrogen) atoms. The summed E-state index contributed by atoms with van der Waals surface area (Å²) in [5.41, 5.74) is 26.2. The second kappa shape index (κ2) is 13.9. The van der Waals surface area contributed by atoms with Crippen molar-refractivity contribution in [3.8, 4) is 49.5 Å². The first-order valence-electron chi connectivity index (χ1n) is 23.5. The molecule has 2 nitrogen and oxygen atoms in total. The molecule has 1 unspecified atom stereocenters. The lowest BCUT2D eigenvalue weighted by Crippen LogP contribution is -2.33. The minimum absolute atomic E-state index is 0.124. The monoisotopic (exact) mass is 874 g/mol. The molecule has 0 N–H and O–H groups in total. The van der Waals surface area contributed by atoms with Gasteiger partial charge in [-0.2, -0.15) is 0 Å². The quantitative estimate of drug-likeness (QED) is 0.167. The van der Waals surface area contributed by atoms with Crippen LogP contribution in [0.25, 0.3) is 71.3 Å². The molecule has 2 aliphatic carbocycles. The van der Waals surface area contributed by atoms with Crippen molar-refractivity contribution >= 4 is 50.2 Å². The van der Waals surface area contributed by atoms with Crippen molar-refractivity contribution in [2.75, 3.05) is 4.90 Å². The molecule has 0 amide bonds. The van der Waals surface area contributed by atoms with Crippen LogP contribution in [0.5, 0.6) is 0 Å². The standard InChI is InChI=1S/C64H46N2S/c1-39-22-30-59-50(34-39)51-35-40(2)36-57-61(51)66(59)60-31-25-43(37-56(60)64(57)53-20-12-9-18-49(53)62-54(64)32-33-67-62)41-23-26-44(27-24-41)65(58-21-13-10-16-46(58)42-14-6-5-7-15-42)45-28-29-48-47-17-8-11-19-52(47)63(3,4)55(48)38-45/h5-38H,1-4H3. The van der Waals surface area contributed by atoms with Gasteiger partial charge < -0.3 is 9.47 Å². The summed E-state index contributed by atoms with van der Waals surface area (Å²) in [7, 11) is 0. The molecule has 0 bridgehead atoms. The van der Waals surface area contributed by atoms with E-state index in [2.05, 4.69) is 243 Å². The fraction of sp³-hybridized carbons (Fsp3) is 0.0938. The van der Waals surface area contributed by atoms with E-state index in [0.29, 0.717) is 0 Å². The van der Waals surface area contributed by atoms with Crippen LogP contribution in [0.3, 0.4) is 0 Å². The van der Waals surface area contributed by atoms with Gasteiger partial charge in [0.25, 0.3) is 0 Å². The molecule has 14 rings (SSSR count). The van der Waals surface area contributed by atoms with Crippen LogP contribution in [0.1, 0.15) is 58.4 Å². The van der Waals surface area contributed by atoms with E-state index >= 15 is 0 Å². The maximum Gasteiger partial charge on any atom is 0.0763 e. The van der Waals surface area contributed by atoms with E-state index in [0.717, 1.165) is 17.1 Å². The number of hydrogen-bond acceptors (Lipinski definition) is 2. The molecule has 0 saturated carbocycles. The third-order valence-corrected chi connectivity index (χ3v) is 16.3. The van der Waals surface area contributed by atoms with Gasteiger partial charge in [-0.15, -0.1) is 11.3 Å². The minimum atomic E-state index is -0.472. The summed E-state index contributed by atoms with van der Waals surface area (Å²) in [5.74, 6) is 0. The first-order chi connectivity index (χ1) is 32.8. The molecule has 0 saturated heterocycles. The van der Waals surface area contributed by atoms with Crippen molar-refractivity contribution in [1.82, 2.24) is 4.57 Å². The van der Waals surface area contributed by atoms with Crippen LogP contribution in [0.4, 0.5) is 17.1 Å². The molecule has 0 radical (unpaired) electrons. The van der Waals surface area contributed by atoms with E-state index in [-0.39, 0.29) is 5.41 Å². The number of fused-ring (bicyclic) bond motifs is 15. The normalized spacial score (nSPS) is 15.6. The van der Waals surface area contributed by atoms with Gasteiger partial charge in [0, 0.05) is 38.0 Å². The Hall–Kier alpha value is -7.72. The molecular formula is C64H46N2S. The summed E-state index contributed by atoms with van der Waals surface area (Å²) >= 11 is 1.87. The summed E-state index contributed by atoms with van der Waals surface area (Å²) < 4.78 is 2.57. The summed E-state index contributed by atoms with van der Waals surface area (Å²) in [6.45, 7) is 9.22. The van der Waals surface area contributed by atoms with Crippen LogP contribution < -0.4 is 4.90 Å². The van der Waals surface area contributed by atoms with Gasteiger partial charge in [-0.05, 0) is 153 Å². The number of rotatable bonds is 5. The smallest absolute Gasteiger partial charge is 0.0763 e. The second-order valence-corrected chi connectivity index (χ2v) is 20.3. The Kier molecular flexibility index (Phi) is 8.00. The Morgan fingerprint density at radius 1 is 0.433 bits per heavy atom. The second-order valence-electron chi connectivity index (χ2n) is 19.4. The highest BCUT2D eigenvalue weighted by Gasteiger charge is 2.51. The van der Waals surface area contributed by atoms with Crippen LogP contribution >= 0.6 is 11.3 Å². The maximum atomic E-state index is 2.57. The number of nitrogens with zero attached hydrogens (tertiary/aromatic N) is 2. The highest BCUT2D eigenvalue weighted by Crippen LogP contribution is 2.63. The molecule has 1 spiro atoms. The molecule has 0 fully saturated rings. The summed E-state index contributed by atoms with van der Waals surface area (Å²) in [4.78, 5) is 3.84. The average molecular weight is 875 g/mol. The van der Waals surface area contributed by atoms with E-state index in [1.54, 1.807) is 0 Å². The average Bonchev–Trinajstić information content (AvgIpc) is 4.10. The van der Waals surface area contributed by atoms with Crippen molar-refractivity contribution in [2.24, 2.45) is 0 Å². The van der Waals surface area contributed by atoms with E-state index in [4.69, 9.17) is 0 Å². The number of benzene rings is 9. The van der Waals surface area contributed by atoms with Gasteiger partial charge in [-0.3, -0.25) is 0 Å². The van der Waals surface area contributed by atoms with Crippen LogP contribution in [-0.2, 0) is 10.8 Å². The van der Waals surface area contributed by atoms with Crippen LogP contribution in [0.15, 0.2) is 206 Å². The SMILES string of the molecule is Cc1ccc2c(c1)c1cc(C)cc3c1n2-c1ccc(-c2ccc(N(c4ccc5c(c4)C(C)(C)c4ccccc4-5)c4ccccc4-c4ccccc4)cc2)cc1C31c2ccccc2-c2sccc21. The highest BCUT2D eigenvalue weighted by atomic mass is 32.1. The van der Waals surface area contributed by atoms with Gasteiger partial charge in [-0.1, -0.05) is 158 Å². The fourth-order valence-electron chi connectivity index (χ4n) is 12.4. The first kappa shape index (κ1) is 38.5. The third-order valence-electron chi connectivity index (χ3n) is 15.4. The molecule has 1 aliphatic heterocycles. The molecule has 318 valence electrons. The number of aromatic nitrogens is 1. The maximum absolute atomic E-state index is 2.57. The molecule has 9 aromatic carbocycles. The molecule has 3 heterocycles. The Labute approximate surface area is 395 Å². The molecular weight excluding hydrogens is 829 g/mol. The van der Waals surface area contributed by atoms with Crippen molar-refractivity contribution in [2.45, 2.75) is 38.5 Å². The fourth-order valence-corrected chi connectivity index (χ4v) is 13.4. The summed E-state index contributed by atoms with van der Waals surface area (Å²) in [6.07, 6.45) is 0. The summed E-state index contributed by atoms with van der Waals surface area (Å²) in [5, 5.41) is 4.94. The van der Waals surface area contributed by atoms with E-state index in [1.165, 1.54) is 116 Å². The van der Waals surface area contributed by atoms with Crippen molar-refractivity contribution < 1.29 is 0 Å². The number of para-hydroxylation sites is 1. The Morgan fingerprint density at radius 3 is 1.96 bits per heavy atom. The summed E-state index contributed by atoms with van der Waals surface area (Å²) in [6, 6.07) is 75.7. The molecule has 11 aromatic rings. The van der Waals surface area contributed by atoms with Crippen molar-refractivity contribution in [3.63, 3.8) is 0 Å². The third kappa shape index (κ3) is 5.21. The molecule has 3 aliphatic rings. The van der Waals surface area contributed by atoms with E-state index < -0.39 is 5.41 Å². The lowest BCUT2D eigenvalue weighted by molar-refractivity contribution is 0.660. The van der Waals surface area contributed by atoms with Crippen LogP contribution in [-0.4, -0.2) is 4.57 Å². The molecule has 3 heteroatoms. The Balaban J connectivity index is 0.969. The van der Waals surface area contributed by atoms with Crippen molar-refractivity contribution in [1.29, 1.82) is 0 Å². The molecule has 2 aromatic heterocycles. The van der Waals surface area contributed by atoms with Gasteiger partial charge in [0.2, 0.25) is 0 Å². The Morgan fingerprint density at radius 2 is 1.12 bits per heavy atom. The first-order valence-corrected chi connectivity index (χ1v) is 24.4. The zero-order valence-electron chi connectivity index (χ0n) is 37.9. The number of anilines is 3. The van der Waals surface area contributed by atoms with Crippen LogP contribution in [0, 0.1) is 13.8 Å². The van der Waals surface area contributed by atoms with Gasteiger partial charge in [0.05, 0.1) is 27.8 Å².